The number of ether oxygens (including phenoxy) is 2. The minimum absolute atomic E-state index is 0.0161. The summed E-state index contributed by atoms with van der Waals surface area (Å²) in [6, 6.07) is 11.2. The van der Waals surface area contributed by atoms with E-state index in [1.165, 1.54) is 44.5 Å². The molecule has 0 aliphatic heterocycles. The topological polar surface area (TPSA) is 94.2 Å². The monoisotopic (exact) mass is 434 g/mol. The second-order valence-corrected chi connectivity index (χ2v) is 8.46. The molecule has 0 bridgehead atoms. The van der Waals surface area contributed by atoms with Gasteiger partial charge in [0.2, 0.25) is 5.91 Å². The number of carbonyl (C=O) groups excluding carboxylic acids is 1. The molecule has 2 aromatic carbocycles. The van der Waals surface area contributed by atoms with Crippen LogP contribution < -0.4 is 14.8 Å². The molecule has 0 saturated heterocycles. The summed E-state index contributed by atoms with van der Waals surface area (Å²) in [5.41, 5.74) is 1.23. The van der Waals surface area contributed by atoms with E-state index in [0.717, 1.165) is 10.0 Å². The summed E-state index contributed by atoms with van der Waals surface area (Å²) in [4.78, 5) is 17.0. The Bertz CT molecular complexity index is 1000. The SMILES string of the molecule is COc1cc(/C=C/C(=O)Nc2ccc(S(=O)(=O)N(C)OC)cc2)ccc1OC(C)C. The number of hydroxylamine groups is 1. The lowest BCUT2D eigenvalue weighted by Gasteiger charge is -2.14. The lowest BCUT2D eigenvalue weighted by Crippen LogP contribution is -2.25. The number of sulfonamides is 1. The Labute approximate surface area is 177 Å². The summed E-state index contributed by atoms with van der Waals surface area (Å²) >= 11 is 0. The maximum absolute atomic E-state index is 12.2. The fraction of sp³-hybridized carbons (Fsp3) is 0.286. The minimum atomic E-state index is -3.74. The zero-order valence-electron chi connectivity index (χ0n) is 17.6. The van der Waals surface area contributed by atoms with Gasteiger partial charge in [0.05, 0.1) is 25.2 Å². The predicted octanol–water partition coefficient (Wildman–Crippen LogP) is 3.32. The van der Waals surface area contributed by atoms with Crippen LogP contribution in [0.2, 0.25) is 0 Å². The van der Waals surface area contributed by atoms with Crippen LogP contribution in [0.4, 0.5) is 5.69 Å². The van der Waals surface area contributed by atoms with Crippen LogP contribution in [-0.4, -0.2) is 46.2 Å². The Morgan fingerprint density at radius 1 is 1.07 bits per heavy atom. The normalized spacial score (nSPS) is 11.8. The summed E-state index contributed by atoms with van der Waals surface area (Å²) in [5, 5.41) is 2.68. The first-order valence-corrected chi connectivity index (χ1v) is 10.6. The molecule has 0 radical (unpaired) electrons. The molecule has 0 spiro atoms. The summed E-state index contributed by atoms with van der Waals surface area (Å²) in [6.07, 6.45) is 3.03. The zero-order valence-corrected chi connectivity index (χ0v) is 18.4. The molecule has 8 nitrogen and oxygen atoms in total. The Balaban J connectivity index is 2.06. The summed E-state index contributed by atoms with van der Waals surface area (Å²) in [6.45, 7) is 3.85. The Morgan fingerprint density at radius 2 is 1.73 bits per heavy atom. The predicted molar refractivity (Wildman–Crippen MR) is 115 cm³/mol. The van der Waals surface area contributed by atoms with Gasteiger partial charge in [0, 0.05) is 18.8 Å². The van der Waals surface area contributed by atoms with E-state index in [4.69, 9.17) is 14.3 Å². The van der Waals surface area contributed by atoms with Gasteiger partial charge in [-0.05, 0) is 61.9 Å². The molecule has 0 aliphatic rings. The molecular weight excluding hydrogens is 408 g/mol. The van der Waals surface area contributed by atoms with Gasteiger partial charge in [-0.1, -0.05) is 10.5 Å². The third kappa shape index (κ3) is 6.06. The average Bonchev–Trinajstić information content (AvgIpc) is 2.72. The first kappa shape index (κ1) is 23.4. The molecular formula is C21H26N2O6S. The average molecular weight is 435 g/mol. The number of hydrogen-bond donors (Lipinski definition) is 1. The number of hydrogen-bond acceptors (Lipinski definition) is 6. The van der Waals surface area contributed by atoms with Gasteiger partial charge >= 0.3 is 0 Å². The third-order valence-electron chi connectivity index (χ3n) is 3.99. The van der Waals surface area contributed by atoms with Crippen molar-refractivity contribution >= 4 is 27.7 Å². The molecule has 0 aliphatic carbocycles. The van der Waals surface area contributed by atoms with E-state index in [1.54, 1.807) is 25.3 Å². The van der Waals surface area contributed by atoms with E-state index in [9.17, 15) is 13.2 Å². The quantitative estimate of drug-likeness (QED) is 0.481. The highest BCUT2D eigenvalue weighted by atomic mass is 32.2. The molecule has 30 heavy (non-hydrogen) atoms. The molecule has 2 rings (SSSR count). The van der Waals surface area contributed by atoms with Crippen molar-refractivity contribution < 1.29 is 27.5 Å². The van der Waals surface area contributed by atoms with E-state index >= 15 is 0 Å². The number of anilines is 1. The smallest absolute Gasteiger partial charge is 0.264 e. The van der Waals surface area contributed by atoms with Crippen LogP contribution in [0.15, 0.2) is 53.4 Å². The number of nitrogens with one attached hydrogen (secondary N) is 1. The van der Waals surface area contributed by atoms with Gasteiger partial charge in [-0.3, -0.25) is 9.63 Å². The largest absolute Gasteiger partial charge is 0.493 e. The van der Waals surface area contributed by atoms with Gasteiger partial charge < -0.3 is 14.8 Å². The lowest BCUT2D eigenvalue weighted by molar-refractivity contribution is -0.111. The van der Waals surface area contributed by atoms with E-state index in [-0.39, 0.29) is 16.9 Å². The van der Waals surface area contributed by atoms with Crippen molar-refractivity contribution in [3.05, 3.63) is 54.1 Å². The summed E-state index contributed by atoms with van der Waals surface area (Å²) in [7, 11) is 0.377. The van der Waals surface area contributed by atoms with Gasteiger partial charge in [-0.25, -0.2) is 8.42 Å². The van der Waals surface area contributed by atoms with Crippen LogP contribution in [0.5, 0.6) is 11.5 Å². The van der Waals surface area contributed by atoms with Crippen LogP contribution in [0, 0.1) is 0 Å². The van der Waals surface area contributed by atoms with Gasteiger partial charge in [0.1, 0.15) is 0 Å². The second-order valence-electron chi connectivity index (χ2n) is 6.52. The van der Waals surface area contributed by atoms with Gasteiger partial charge in [-0.15, -0.1) is 0 Å². The van der Waals surface area contributed by atoms with Crippen LogP contribution in [0.1, 0.15) is 19.4 Å². The first-order valence-electron chi connectivity index (χ1n) is 9.14. The van der Waals surface area contributed by atoms with Crippen molar-refractivity contribution in [2.24, 2.45) is 0 Å². The molecule has 0 aromatic heterocycles. The van der Waals surface area contributed by atoms with Crippen molar-refractivity contribution in [3.8, 4) is 11.5 Å². The minimum Gasteiger partial charge on any atom is -0.493 e. The molecule has 0 unspecified atom stereocenters. The number of rotatable bonds is 9. The molecule has 1 N–H and O–H groups in total. The third-order valence-corrected chi connectivity index (χ3v) is 5.69. The highest BCUT2D eigenvalue weighted by Gasteiger charge is 2.20. The van der Waals surface area contributed by atoms with Crippen LogP contribution in [0.25, 0.3) is 6.08 Å². The van der Waals surface area contributed by atoms with Crippen LogP contribution >= 0.6 is 0 Å². The van der Waals surface area contributed by atoms with Crippen molar-refractivity contribution in [2.75, 3.05) is 26.6 Å². The standard InChI is InChI=1S/C21H26N2O6S/c1-15(2)29-19-12-6-16(14-20(19)27-4)7-13-21(24)22-17-8-10-18(11-9-17)30(25,26)23(3)28-5/h6-15H,1-5H3,(H,22,24)/b13-7+. The van der Waals surface area contributed by atoms with E-state index in [0.29, 0.717) is 17.2 Å². The van der Waals surface area contributed by atoms with Crippen LogP contribution in [0.3, 0.4) is 0 Å². The second kappa shape index (κ2) is 10.2. The maximum Gasteiger partial charge on any atom is 0.264 e. The summed E-state index contributed by atoms with van der Waals surface area (Å²) < 4.78 is 36.1. The molecule has 2 aromatic rings. The first-order chi connectivity index (χ1) is 14.2. The highest BCUT2D eigenvalue weighted by Crippen LogP contribution is 2.29. The molecule has 162 valence electrons. The van der Waals surface area contributed by atoms with E-state index in [2.05, 4.69) is 5.32 Å². The number of carbonyl (C=O) groups is 1. The number of methoxy groups -OCH3 is 1. The molecule has 0 fully saturated rings. The lowest BCUT2D eigenvalue weighted by atomic mass is 10.2. The summed E-state index contributed by atoms with van der Waals surface area (Å²) in [5.74, 6) is 0.841. The van der Waals surface area contributed by atoms with E-state index in [1.807, 2.05) is 19.9 Å². The van der Waals surface area contributed by atoms with Crippen LogP contribution in [-0.2, 0) is 19.7 Å². The molecule has 0 heterocycles. The van der Waals surface area contributed by atoms with Gasteiger partial charge in [0.25, 0.3) is 10.0 Å². The van der Waals surface area contributed by atoms with Crippen molar-refractivity contribution in [3.63, 3.8) is 0 Å². The van der Waals surface area contributed by atoms with Crippen molar-refractivity contribution in [2.45, 2.75) is 24.8 Å². The fourth-order valence-corrected chi connectivity index (χ4v) is 3.42. The molecule has 0 atom stereocenters. The molecule has 9 heteroatoms. The number of benzene rings is 2. The number of amides is 1. The molecule has 1 amide bonds. The Hall–Kier alpha value is -2.88. The Kier molecular flexibility index (Phi) is 7.99. The molecule has 0 saturated carbocycles. The van der Waals surface area contributed by atoms with Gasteiger partial charge in [0.15, 0.2) is 11.5 Å². The Morgan fingerprint density at radius 3 is 2.30 bits per heavy atom. The van der Waals surface area contributed by atoms with Crippen molar-refractivity contribution in [1.82, 2.24) is 4.47 Å². The van der Waals surface area contributed by atoms with Crippen molar-refractivity contribution in [1.29, 1.82) is 0 Å². The fourth-order valence-electron chi connectivity index (χ4n) is 2.45. The number of nitrogens with zero attached hydrogens (tertiary/aromatic N) is 1. The van der Waals surface area contributed by atoms with Gasteiger partial charge in [-0.2, -0.15) is 0 Å². The maximum atomic E-state index is 12.2. The highest BCUT2D eigenvalue weighted by molar-refractivity contribution is 7.89. The zero-order chi connectivity index (χ0) is 22.3. The van der Waals surface area contributed by atoms with E-state index < -0.39 is 10.0 Å².